The first-order chi connectivity index (χ1) is 12.7. The van der Waals surface area contributed by atoms with Crippen molar-refractivity contribution in [1.82, 2.24) is 4.98 Å². The fourth-order valence-corrected chi connectivity index (χ4v) is 3.46. The van der Waals surface area contributed by atoms with Gasteiger partial charge in [0.2, 0.25) is 0 Å². The second-order valence-corrected chi connectivity index (χ2v) is 6.32. The molecule has 2 heterocycles. The summed E-state index contributed by atoms with van der Waals surface area (Å²) in [5, 5.41) is 10.0. The van der Waals surface area contributed by atoms with Crippen LogP contribution in [0, 0.1) is 17.1 Å². The number of nitriles is 1. The fraction of sp³-hybridized carbons (Fsp3) is 0.190. The molecule has 4 nitrogen and oxygen atoms in total. The molecule has 130 valence electrons. The second-order valence-electron chi connectivity index (χ2n) is 6.32. The minimum Gasteiger partial charge on any atom is -0.497 e. The van der Waals surface area contributed by atoms with Gasteiger partial charge in [0.05, 0.1) is 24.4 Å². The van der Waals surface area contributed by atoms with Crippen LogP contribution in [0.2, 0.25) is 0 Å². The number of hydrogen-bond acceptors (Lipinski definition) is 3. The Morgan fingerprint density at radius 2 is 2.12 bits per heavy atom. The zero-order valence-electron chi connectivity index (χ0n) is 14.4. The number of aromatic amines is 1. The maximum Gasteiger partial charge on any atom is 0.147 e. The molecule has 0 aliphatic carbocycles. The van der Waals surface area contributed by atoms with Gasteiger partial charge in [-0.25, -0.2) is 4.39 Å². The molecule has 0 fully saturated rings. The summed E-state index contributed by atoms with van der Waals surface area (Å²) < 4.78 is 19.6. The second kappa shape index (κ2) is 6.57. The molecule has 4 rings (SSSR count). The summed E-state index contributed by atoms with van der Waals surface area (Å²) in [6, 6.07) is 12.6. The van der Waals surface area contributed by atoms with Crippen LogP contribution in [0.15, 0.2) is 48.7 Å². The summed E-state index contributed by atoms with van der Waals surface area (Å²) in [6.45, 7) is 1.36. The molecule has 26 heavy (non-hydrogen) atoms. The van der Waals surface area contributed by atoms with Crippen molar-refractivity contribution in [2.24, 2.45) is 0 Å². The monoisotopic (exact) mass is 347 g/mol. The van der Waals surface area contributed by atoms with Crippen LogP contribution in [0.3, 0.4) is 0 Å². The average Bonchev–Trinajstić information content (AvgIpc) is 3.11. The van der Waals surface area contributed by atoms with Crippen LogP contribution in [0.5, 0.6) is 5.75 Å². The normalized spacial score (nSPS) is 14.2. The summed E-state index contributed by atoms with van der Waals surface area (Å²) in [6.07, 6.45) is 4.99. The van der Waals surface area contributed by atoms with Crippen molar-refractivity contribution in [1.29, 1.82) is 5.26 Å². The van der Waals surface area contributed by atoms with Crippen molar-refractivity contribution >= 4 is 22.2 Å². The molecule has 5 heteroatoms. The number of aromatic nitrogens is 1. The van der Waals surface area contributed by atoms with Crippen LogP contribution in [-0.4, -0.2) is 25.2 Å². The molecule has 1 aromatic heterocycles. The number of ether oxygens (including phenoxy) is 1. The van der Waals surface area contributed by atoms with Crippen LogP contribution in [0.25, 0.3) is 16.5 Å². The number of halogens is 1. The summed E-state index contributed by atoms with van der Waals surface area (Å²) >= 11 is 0. The Morgan fingerprint density at radius 3 is 2.81 bits per heavy atom. The highest BCUT2D eigenvalue weighted by Gasteiger charge is 2.18. The molecule has 0 atom stereocenters. The summed E-state index contributed by atoms with van der Waals surface area (Å²) in [5.41, 5.74) is 4.36. The van der Waals surface area contributed by atoms with Crippen LogP contribution < -0.4 is 9.64 Å². The molecule has 1 aliphatic heterocycles. The van der Waals surface area contributed by atoms with Gasteiger partial charge in [-0.3, -0.25) is 0 Å². The maximum atomic E-state index is 14.3. The van der Waals surface area contributed by atoms with Crippen molar-refractivity contribution in [3.05, 3.63) is 65.6 Å². The fourth-order valence-electron chi connectivity index (χ4n) is 3.46. The van der Waals surface area contributed by atoms with Crippen LogP contribution in [0.1, 0.15) is 17.5 Å². The van der Waals surface area contributed by atoms with E-state index in [-0.39, 0.29) is 5.82 Å². The number of H-pyrrole nitrogens is 1. The summed E-state index contributed by atoms with van der Waals surface area (Å²) in [5.74, 6) is 0.480. The van der Waals surface area contributed by atoms with E-state index in [0.29, 0.717) is 17.8 Å². The lowest BCUT2D eigenvalue weighted by Crippen LogP contribution is -2.29. The molecule has 0 bridgehead atoms. The number of anilines is 1. The lowest BCUT2D eigenvalue weighted by molar-refractivity contribution is 0.415. The molecule has 0 radical (unpaired) electrons. The number of nitrogens with one attached hydrogen (secondary N) is 1. The highest BCUT2D eigenvalue weighted by atomic mass is 19.1. The van der Waals surface area contributed by atoms with E-state index >= 15 is 0 Å². The van der Waals surface area contributed by atoms with Gasteiger partial charge in [0.1, 0.15) is 11.6 Å². The summed E-state index contributed by atoms with van der Waals surface area (Å²) in [7, 11) is 1.66. The highest BCUT2D eigenvalue weighted by Crippen LogP contribution is 2.33. The zero-order chi connectivity index (χ0) is 18.1. The van der Waals surface area contributed by atoms with Gasteiger partial charge in [0.15, 0.2) is 0 Å². The van der Waals surface area contributed by atoms with Crippen LogP contribution in [0.4, 0.5) is 10.1 Å². The molecule has 0 saturated carbocycles. The van der Waals surface area contributed by atoms with Crippen molar-refractivity contribution < 1.29 is 9.13 Å². The molecule has 2 aromatic carbocycles. The Kier molecular flexibility index (Phi) is 4.10. The number of fused-ring (bicyclic) bond motifs is 1. The number of rotatable bonds is 3. The molecular formula is C21H18FN3O. The van der Waals surface area contributed by atoms with E-state index in [1.165, 1.54) is 17.2 Å². The molecular weight excluding hydrogens is 329 g/mol. The van der Waals surface area contributed by atoms with E-state index in [0.717, 1.165) is 29.6 Å². The molecule has 0 spiro atoms. The smallest absolute Gasteiger partial charge is 0.147 e. The van der Waals surface area contributed by atoms with Crippen molar-refractivity contribution in [3.63, 3.8) is 0 Å². The maximum absolute atomic E-state index is 14.3. The van der Waals surface area contributed by atoms with Crippen molar-refractivity contribution in [2.75, 3.05) is 25.1 Å². The number of hydrogen-bond donors (Lipinski definition) is 1. The van der Waals surface area contributed by atoms with Gasteiger partial charge < -0.3 is 14.6 Å². The standard InChI is InChI=1S/C21H18FN3O/c1-26-16-3-4-20-17(11-16)18(13-24-20)15-6-8-25(9-7-15)21-5-2-14(12-23)10-19(21)22/h2-6,10-11,13,24H,7-9H2,1H3. The van der Waals surface area contributed by atoms with Gasteiger partial charge in [-0.2, -0.15) is 5.26 Å². The molecule has 0 saturated heterocycles. The Balaban J connectivity index is 1.61. The van der Waals surface area contributed by atoms with Crippen molar-refractivity contribution in [3.8, 4) is 11.8 Å². The predicted molar refractivity (Wildman–Crippen MR) is 101 cm³/mol. The van der Waals surface area contributed by atoms with E-state index in [2.05, 4.69) is 11.1 Å². The first-order valence-corrected chi connectivity index (χ1v) is 8.48. The van der Waals surface area contributed by atoms with E-state index in [1.54, 1.807) is 19.2 Å². The Hall–Kier alpha value is -3.26. The van der Waals surface area contributed by atoms with E-state index in [1.807, 2.05) is 35.4 Å². The highest BCUT2D eigenvalue weighted by molar-refractivity contribution is 5.94. The zero-order valence-corrected chi connectivity index (χ0v) is 14.4. The Morgan fingerprint density at radius 1 is 1.23 bits per heavy atom. The lowest BCUT2D eigenvalue weighted by Gasteiger charge is -2.28. The third-order valence-corrected chi connectivity index (χ3v) is 4.86. The van der Waals surface area contributed by atoms with E-state index in [4.69, 9.17) is 10.00 Å². The number of benzene rings is 2. The van der Waals surface area contributed by atoms with Gasteiger partial charge in [-0.05, 0) is 48.4 Å². The third kappa shape index (κ3) is 2.80. The van der Waals surface area contributed by atoms with Gasteiger partial charge in [-0.15, -0.1) is 0 Å². The number of methoxy groups -OCH3 is 1. The third-order valence-electron chi connectivity index (χ3n) is 4.86. The van der Waals surface area contributed by atoms with Gasteiger partial charge in [-0.1, -0.05) is 6.08 Å². The molecule has 0 unspecified atom stereocenters. The SMILES string of the molecule is COc1ccc2[nH]cc(C3=CCN(c4ccc(C#N)cc4F)CC3)c2c1. The number of nitrogens with zero attached hydrogens (tertiary/aromatic N) is 2. The molecule has 1 N–H and O–H groups in total. The minimum atomic E-state index is -0.349. The van der Waals surface area contributed by atoms with Gasteiger partial charge in [0, 0.05) is 35.8 Å². The first-order valence-electron chi connectivity index (χ1n) is 8.48. The van der Waals surface area contributed by atoms with Gasteiger partial charge in [0.25, 0.3) is 0 Å². The molecule has 0 amide bonds. The van der Waals surface area contributed by atoms with Crippen molar-refractivity contribution in [2.45, 2.75) is 6.42 Å². The summed E-state index contributed by atoms with van der Waals surface area (Å²) in [4.78, 5) is 5.30. The largest absolute Gasteiger partial charge is 0.497 e. The lowest BCUT2D eigenvalue weighted by atomic mass is 9.98. The quantitative estimate of drug-likeness (QED) is 0.760. The Labute approximate surface area is 151 Å². The van der Waals surface area contributed by atoms with E-state index < -0.39 is 0 Å². The minimum absolute atomic E-state index is 0.340. The molecule has 1 aliphatic rings. The Bertz CT molecular complexity index is 1050. The topological polar surface area (TPSA) is 52.0 Å². The van der Waals surface area contributed by atoms with Crippen LogP contribution >= 0.6 is 0 Å². The van der Waals surface area contributed by atoms with Gasteiger partial charge >= 0.3 is 0 Å². The van der Waals surface area contributed by atoms with E-state index in [9.17, 15) is 4.39 Å². The average molecular weight is 347 g/mol. The first kappa shape index (κ1) is 16.2. The molecule has 3 aromatic rings. The van der Waals surface area contributed by atoms with Crippen LogP contribution in [-0.2, 0) is 0 Å². The predicted octanol–water partition coefficient (Wildman–Crippen LogP) is 4.48.